The van der Waals surface area contributed by atoms with E-state index in [9.17, 15) is 5.11 Å². The lowest BCUT2D eigenvalue weighted by Gasteiger charge is -2.44. The van der Waals surface area contributed by atoms with Gasteiger partial charge in [0.25, 0.3) is 0 Å². The maximum absolute atomic E-state index is 10.4. The lowest BCUT2D eigenvalue weighted by molar-refractivity contribution is -0.136. The van der Waals surface area contributed by atoms with E-state index in [4.69, 9.17) is 9.16 Å². The van der Waals surface area contributed by atoms with Gasteiger partial charge in [-0.2, -0.15) is 0 Å². The van der Waals surface area contributed by atoms with E-state index >= 15 is 0 Å². The van der Waals surface area contributed by atoms with Crippen LogP contribution in [0.5, 0.6) is 0 Å². The predicted octanol–water partition coefficient (Wildman–Crippen LogP) is 4.29. The van der Waals surface area contributed by atoms with Crippen molar-refractivity contribution in [2.45, 2.75) is 83.6 Å². The molecule has 22 heavy (non-hydrogen) atoms. The summed E-state index contributed by atoms with van der Waals surface area (Å²) in [6.45, 7) is 19.1. The SMILES string of the molecule is C=C[C@@H](O[Si](C)(C)C(C)(C)C)[C@@H]1C[C@H](O)[C@H](C)[C@H](/C=C/C)O1. The molecule has 1 saturated heterocycles. The Kier molecular flexibility index (Phi) is 6.63. The molecular formula is C18H34O3Si. The summed E-state index contributed by atoms with van der Waals surface area (Å²) < 4.78 is 12.7. The molecule has 0 bridgehead atoms. The van der Waals surface area contributed by atoms with E-state index in [0.717, 1.165) is 0 Å². The largest absolute Gasteiger partial charge is 0.408 e. The molecule has 1 aliphatic rings. The number of hydrogen-bond donors (Lipinski definition) is 1. The van der Waals surface area contributed by atoms with Gasteiger partial charge in [-0.25, -0.2) is 0 Å². The minimum atomic E-state index is -1.90. The quantitative estimate of drug-likeness (QED) is 0.605. The molecule has 1 rings (SSSR count). The molecule has 3 nitrogen and oxygen atoms in total. The lowest BCUT2D eigenvalue weighted by atomic mass is 9.88. The first-order valence-corrected chi connectivity index (χ1v) is 11.2. The second-order valence-corrected chi connectivity index (χ2v) is 12.7. The molecule has 0 aromatic carbocycles. The molecule has 0 aliphatic carbocycles. The average Bonchev–Trinajstić information content (AvgIpc) is 2.40. The van der Waals surface area contributed by atoms with Crippen LogP contribution < -0.4 is 0 Å². The van der Waals surface area contributed by atoms with Crippen LogP contribution in [0.2, 0.25) is 18.1 Å². The van der Waals surface area contributed by atoms with Gasteiger partial charge in [-0.05, 0) is 25.1 Å². The molecule has 1 heterocycles. The molecule has 0 aromatic heterocycles. The summed E-state index contributed by atoms with van der Waals surface area (Å²) in [6.07, 6.45) is 5.69. The Bertz CT molecular complexity index is 398. The molecule has 1 N–H and O–H groups in total. The van der Waals surface area contributed by atoms with E-state index in [2.05, 4.69) is 40.4 Å². The van der Waals surface area contributed by atoms with Crippen LogP contribution in [0.4, 0.5) is 0 Å². The molecule has 1 aliphatic heterocycles. The first-order chi connectivity index (χ1) is 10.0. The predicted molar refractivity (Wildman–Crippen MR) is 95.5 cm³/mol. The number of aliphatic hydroxyl groups excluding tert-OH is 1. The molecule has 5 atom stereocenters. The van der Waals surface area contributed by atoms with E-state index in [1.807, 2.05) is 32.1 Å². The zero-order valence-electron chi connectivity index (χ0n) is 15.3. The van der Waals surface area contributed by atoms with Crippen molar-refractivity contribution in [1.29, 1.82) is 0 Å². The van der Waals surface area contributed by atoms with Gasteiger partial charge in [-0.3, -0.25) is 0 Å². The minimum absolute atomic E-state index is 0.0655. The van der Waals surface area contributed by atoms with Crippen molar-refractivity contribution < 1.29 is 14.3 Å². The highest BCUT2D eigenvalue weighted by Crippen LogP contribution is 2.39. The average molecular weight is 327 g/mol. The molecule has 0 saturated carbocycles. The highest BCUT2D eigenvalue weighted by molar-refractivity contribution is 6.74. The first kappa shape index (κ1) is 19.6. The van der Waals surface area contributed by atoms with Gasteiger partial charge in [0.1, 0.15) is 0 Å². The number of ether oxygens (including phenoxy) is 1. The Morgan fingerprint density at radius 3 is 2.41 bits per heavy atom. The van der Waals surface area contributed by atoms with Gasteiger partial charge in [-0.15, -0.1) is 6.58 Å². The zero-order valence-corrected chi connectivity index (χ0v) is 16.3. The van der Waals surface area contributed by atoms with E-state index < -0.39 is 8.32 Å². The topological polar surface area (TPSA) is 38.7 Å². The zero-order chi connectivity index (χ0) is 17.1. The number of allylic oxidation sites excluding steroid dienone is 1. The van der Waals surface area contributed by atoms with Crippen LogP contribution in [-0.4, -0.2) is 37.8 Å². The third-order valence-electron chi connectivity index (χ3n) is 5.15. The summed E-state index contributed by atoms with van der Waals surface area (Å²) in [5.41, 5.74) is 0. The molecule has 0 radical (unpaired) electrons. The molecule has 128 valence electrons. The smallest absolute Gasteiger partial charge is 0.193 e. The summed E-state index contributed by atoms with van der Waals surface area (Å²) in [6, 6.07) is 0. The van der Waals surface area contributed by atoms with Crippen LogP contribution in [0.15, 0.2) is 24.8 Å². The summed E-state index contributed by atoms with van der Waals surface area (Å²) in [5.74, 6) is 0.103. The summed E-state index contributed by atoms with van der Waals surface area (Å²) in [4.78, 5) is 0. The Morgan fingerprint density at radius 2 is 1.95 bits per heavy atom. The molecule has 0 aromatic rings. The highest BCUT2D eigenvalue weighted by atomic mass is 28.4. The van der Waals surface area contributed by atoms with Crippen molar-refractivity contribution in [1.82, 2.24) is 0 Å². The second kappa shape index (κ2) is 7.43. The van der Waals surface area contributed by atoms with Crippen LogP contribution in [0.1, 0.15) is 41.0 Å². The van der Waals surface area contributed by atoms with Crippen LogP contribution in [0, 0.1) is 5.92 Å². The Morgan fingerprint density at radius 1 is 1.36 bits per heavy atom. The van der Waals surface area contributed by atoms with Gasteiger partial charge in [-0.1, -0.05) is 45.9 Å². The Hall–Kier alpha value is -0.423. The van der Waals surface area contributed by atoms with Crippen molar-refractivity contribution in [2.24, 2.45) is 5.92 Å². The third-order valence-corrected chi connectivity index (χ3v) is 9.62. The van der Waals surface area contributed by atoms with Gasteiger partial charge >= 0.3 is 0 Å². The number of aliphatic hydroxyl groups is 1. The molecule has 1 fully saturated rings. The summed E-state index contributed by atoms with van der Waals surface area (Å²) in [7, 11) is -1.90. The van der Waals surface area contributed by atoms with Gasteiger partial charge in [0.05, 0.1) is 24.4 Å². The van der Waals surface area contributed by atoms with E-state index in [1.54, 1.807) is 0 Å². The van der Waals surface area contributed by atoms with Crippen molar-refractivity contribution >= 4 is 8.32 Å². The van der Waals surface area contributed by atoms with Gasteiger partial charge in [0, 0.05) is 12.3 Å². The van der Waals surface area contributed by atoms with E-state index in [-0.39, 0.29) is 35.4 Å². The summed E-state index contributed by atoms with van der Waals surface area (Å²) in [5, 5.41) is 10.5. The third kappa shape index (κ3) is 4.54. The minimum Gasteiger partial charge on any atom is -0.408 e. The molecule has 0 spiro atoms. The highest BCUT2D eigenvalue weighted by Gasteiger charge is 2.43. The fourth-order valence-corrected chi connectivity index (χ4v) is 3.75. The van der Waals surface area contributed by atoms with Crippen LogP contribution in [0.3, 0.4) is 0 Å². The van der Waals surface area contributed by atoms with Crippen LogP contribution >= 0.6 is 0 Å². The molecule has 0 unspecified atom stereocenters. The van der Waals surface area contributed by atoms with E-state index in [0.29, 0.717) is 6.42 Å². The maximum Gasteiger partial charge on any atom is 0.193 e. The second-order valence-electron chi connectivity index (χ2n) is 7.91. The van der Waals surface area contributed by atoms with Crippen molar-refractivity contribution in [3.8, 4) is 0 Å². The normalized spacial score (nSPS) is 32.2. The van der Waals surface area contributed by atoms with Crippen LogP contribution in [-0.2, 0) is 9.16 Å². The number of hydrogen-bond acceptors (Lipinski definition) is 3. The summed E-state index contributed by atoms with van der Waals surface area (Å²) >= 11 is 0. The molecular weight excluding hydrogens is 292 g/mol. The van der Waals surface area contributed by atoms with Crippen molar-refractivity contribution in [3.63, 3.8) is 0 Å². The first-order valence-electron chi connectivity index (χ1n) is 8.30. The molecule has 0 amide bonds. The van der Waals surface area contributed by atoms with Gasteiger partial charge in [0.15, 0.2) is 8.32 Å². The molecule has 4 heteroatoms. The van der Waals surface area contributed by atoms with E-state index in [1.165, 1.54) is 0 Å². The lowest BCUT2D eigenvalue weighted by Crippen LogP contribution is -2.51. The fraction of sp³-hybridized carbons (Fsp3) is 0.778. The van der Waals surface area contributed by atoms with Crippen LogP contribution in [0.25, 0.3) is 0 Å². The number of rotatable bonds is 5. The van der Waals surface area contributed by atoms with Crippen molar-refractivity contribution in [3.05, 3.63) is 24.8 Å². The standard InChI is InChI=1S/C18H34O3Si/c1-9-11-16-13(3)14(19)12-17(20-16)15(10-2)21-22(7,8)18(4,5)6/h9-11,13-17,19H,2,12H2,1,3-8H3/b11-9+/t13-,14-,15+,16-,17-/m0/s1. The Balaban J connectivity index is 2.89. The maximum atomic E-state index is 10.4. The van der Waals surface area contributed by atoms with Gasteiger partial charge in [0.2, 0.25) is 0 Å². The van der Waals surface area contributed by atoms with Crippen molar-refractivity contribution in [2.75, 3.05) is 0 Å². The van der Waals surface area contributed by atoms with Gasteiger partial charge < -0.3 is 14.3 Å². The Labute approximate surface area is 137 Å². The fourth-order valence-electron chi connectivity index (χ4n) is 2.47. The monoisotopic (exact) mass is 326 g/mol.